The zero-order chi connectivity index (χ0) is 22.8. The number of likely N-dealkylation sites (tertiary alicyclic amines) is 1. The molecule has 3 aromatic carbocycles. The van der Waals surface area contributed by atoms with Crippen molar-refractivity contribution in [2.24, 2.45) is 0 Å². The number of urea groups is 1. The van der Waals surface area contributed by atoms with Gasteiger partial charge in [-0.05, 0) is 77.8 Å². The topological polar surface area (TPSA) is 61.4 Å². The van der Waals surface area contributed by atoms with Crippen LogP contribution in [0.1, 0.15) is 36.0 Å². The molecule has 33 heavy (non-hydrogen) atoms. The van der Waals surface area contributed by atoms with E-state index in [9.17, 15) is 9.59 Å². The Morgan fingerprint density at radius 3 is 2.70 bits per heavy atom. The summed E-state index contributed by atoms with van der Waals surface area (Å²) in [5.74, 6) is -0.0490. The predicted molar refractivity (Wildman–Crippen MR) is 131 cm³/mol. The highest BCUT2D eigenvalue weighted by Gasteiger charge is 2.28. The predicted octanol–water partition coefficient (Wildman–Crippen LogP) is 5.61. The quantitative estimate of drug-likeness (QED) is 0.416. The lowest BCUT2D eigenvalue weighted by Gasteiger charge is -2.25. The molecule has 1 atom stereocenters. The molecule has 3 amide bonds. The first kappa shape index (κ1) is 21.5. The van der Waals surface area contributed by atoms with E-state index in [1.54, 1.807) is 0 Å². The number of carbonyl (C=O) groups is 2. The van der Waals surface area contributed by atoms with Crippen LogP contribution in [0.2, 0.25) is 5.02 Å². The van der Waals surface area contributed by atoms with Gasteiger partial charge < -0.3 is 15.5 Å². The lowest BCUT2D eigenvalue weighted by atomic mass is 10.1. The molecule has 2 aliphatic rings. The van der Waals surface area contributed by atoms with E-state index in [0.29, 0.717) is 24.5 Å². The molecule has 168 valence electrons. The maximum absolute atomic E-state index is 13.2. The minimum Gasteiger partial charge on any atom is -0.337 e. The third-order valence-corrected chi connectivity index (χ3v) is 6.64. The Hall–Kier alpha value is -3.31. The Kier molecular flexibility index (Phi) is 6.05. The van der Waals surface area contributed by atoms with Gasteiger partial charge in [0.05, 0.1) is 0 Å². The number of nitrogens with zero attached hydrogens (tertiary/aromatic N) is 1. The standard InChI is InChI=1S/C27H26ClN3O2/c28-21-8-5-6-18(14-21)17-31-13-4-3-10-25(26(31)32)30-27(33)29-22-11-12-24-20(16-22)15-19-7-1-2-9-23(19)24/h1-2,5-9,11-12,14,16,25H,3-4,10,13,15,17H2,(H2,29,30,33). The van der Waals surface area contributed by atoms with E-state index in [4.69, 9.17) is 11.6 Å². The molecule has 1 aliphatic heterocycles. The average molecular weight is 460 g/mol. The highest BCUT2D eigenvalue weighted by atomic mass is 35.5. The number of fused-ring (bicyclic) bond motifs is 3. The maximum atomic E-state index is 13.2. The van der Waals surface area contributed by atoms with Crippen molar-refractivity contribution >= 4 is 29.2 Å². The summed E-state index contributed by atoms with van der Waals surface area (Å²) >= 11 is 6.10. The van der Waals surface area contributed by atoms with E-state index < -0.39 is 6.04 Å². The highest BCUT2D eigenvalue weighted by Crippen LogP contribution is 2.37. The fourth-order valence-corrected chi connectivity index (χ4v) is 5.01. The van der Waals surface area contributed by atoms with Crippen LogP contribution in [-0.2, 0) is 17.8 Å². The fraction of sp³-hybridized carbons (Fsp3) is 0.259. The molecule has 5 rings (SSSR count). The van der Waals surface area contributed by atoms with Crippen LogP contribution >= 0.6 is 11.6 Å². The van der Waals surface area contributed by atoms with Gasteiger partial charge in [-0.3, -0.25) is 4.79 Å². The summed E-state index contributed by atoms with van der Waals surface area (Å²) in [6.45, 7) is 1.17. The molecule has 0 saturated carbocycles. The maximum Gasteiger partial charge on any atom is 0.319 e. The Labute approximate surface area is 198 Å². The SMILES string of the molecule is O=C(Nc1ccc2c(c1)Cc1ccccc1-2)NC1CCCCN(Cc2cccc(Cl)c2)C1=O. The van der Waals surface area contributed by atoms with E-state index in [1.807, 2.05) is 47.4 Å². The molecular weight excluding hydrogens is 434 g/mol. The molecule has 3 aromatic rings. The summed E-state index contributed by atoms with van der Waals surface area (Å²) in [4.78, 5) is 27.7. The zero-order valence-corrected chi connectivity index (χ0v) is 19.1. The van der Waals surface area contributed by atoms with Gasteiger partial charge >= 0.3 is 6.03 Å². The van der Waals surface area contributed by atoms with E-state index in [2.05, 4.69) is 34.9 Å². The highest BCUT2D eigenvalue weighted by molar-refractivity contribution is 6.30. The first-order valence-corrected chi connectivity index (χ1v) is 11.8. The smallest absolute Gasteiger partial charge is 0.319 e. The normalized spacial score (nSPS) is 17.2. The van der Waals surface area contributed by atoms with E-state index >= 15 is 0 Å². The van der Waals surface area contributed by atoms with Crippen molar-refractivity contribution < 1.29 is 9.59 Å². The summed E-state index contributed by atoms with van der Waals surface area (Å²) in [6.07, 6.45) is 3.30. The van der Waals surface area contributed by atoms with Gasteiger partial charge in [-0.2, -0.15) is 0 Å². The number of amides is 3. The van der Waals surface area contributed by atoms with Crippen molar-refractivity contribution in [1.82, 2.24) is 10.2 Å². The second-order valence-corrected chi connectivity index (χ2v) is 9.18. The van der Waals surface area contributed by atoms with E-state index in [1.165, 1.54) is 22.3 Å². The third kappa shape index (κ3) is 4.74. The van der Waals surface area contributed by atoms with Gasteiger partial charge in [0.25, 0.3) is 0 Å². The molecule has 1 aliphatic carbocycles. The van der Waals surface area contributed by atoms with Crippen LogP contribution in [0.15, 0.2) is 66.7 Å². The van der Waals surface area contributed by atoms with Crippen molar-refractivity contribution in [3.8, 4) is 11.1 Å². The number of nitrogens with one attached hydrogen (secondary N) is 2. The molecule has 1 fully saturated rings. The molecule has 6 heteroatoms. The zero-order valence-electron chi connectivity index (χ0n) is 18.3. The minimum absolute atomic E-state index is 0.0490. The molecule has 5 nitrogen and oxygen atoms in total. The lowest BCUT2D eigenvalue weighted by Crippen LogP contribution is -2.48. The molecular formula is C27H26ClN3O2. The molecule has 1 saturated heterocycles. The summed E-state index contributed by atoms with van der Waals surface area (Å²) in [5.41, 5.74) is 6.70. The van der Waals surface area contributed by atoms with Crippen LogP contribution in [-0.4, -0.2) is 29.4 Å². The number of hydrogen-bond donors (Lipinski definition) is 2. The van der Waals surface area contributed by atoms with Crippen LogP contribution in [0.5, 0.6) is 0 Å². The first-order chi connectivity index (χ1) is 16.1. The van der Waals surface area contributed by atoms with Gasteiger partial charge in [0.2, 0.25) is 5.91 Å². The number of rotatable bonds is 4. The van der Waals surface area contributed by atoms with Crippen LogP contribution in [0, 0.1) is 0 Å². The number of hydrogen-bond acceptors (Lipinski definition) is 2. The molecule has 0 radical (unpaired) electrons. The van der Waals surface area contributed by atoms with Crippen LogP contribution < -0.4 is 10.6 Å². The van der Waals surface area contributed by atoms with Crippen molar-refractivity contribution in [3.63, 3.8) is 0 Å². The number of anilines is 1. The minimum atomic E-state index is -0.537. The van der Waals surface area contributed by atoms with Gasteiger partial charge in [-0.15, -0.1) is 0 Å². The Morgan fingerprint density at radius 2 is 1.82 bits per heavy atom. The van der Waals surface area contributed by atoms with Gasteiger partial charge in [0.15, 0.2) is 0 Å². The monoisotopic (exact) mass is 459 g/mol. The Balaban J connectivity index is 1.23. The average Bonchev–Trinajstić information content (AvgIpc) is 3.08. The lowest BCUT2D eigenvalue weighted by molar-refractivity contribution is -0.133. The molecule has 0 spiro atoms. The van der Waals surface area contributed by atoms with Crippen molar-refractivity contribution in [2.45, 2.75) is 38.3 Å². The van der Waals surface area contributed by atoms with E-state index in [-0.39, 0.29) is 11.9 Å². The van der Waals surface area contributed by atoms with Gasteiger partial charge in [0, 0.05) is 23.8 Å². The van der Waals surface area contributed by atoms with Gasteiger partial charge in [-0.1, -0.05) is 54.1 Å². The second-order valence-electron chi connectivity index (χ2n) is 8.74. The van der Waals surface area contributed by atoms with Crippen LogP contribution in [0.4, 0.5) is 10.5 Å². The summed E-state index contributed by atoms with van der Waals surface area (Å²) in [5, 5.41) is 6.48. The Morgan fingerprint density at radius 1 is 0.970 bits per heavy atom. The van der Waals surface area contributed by atoms with Gasteiger partial charge in [0.1, 0.15) is 6.04 Å². The second kappa shape index (κ2) is 9.28. The number of carbonyl (C=O) groups excluding carboxylic acids is 2. The molecule has 0 bridgehead atoms. The van der Waals surface area contributed by atoms with Crippen LogP contribution in [0.25, 0.3) is 11.1 Å². The molecule has 0 aromatic heterocycles. The molecule has 2 N–H and O–H groups in total. The van der Waals surface area contributed by atoms with Gasteiger partial charge in [-0.25, -0.2) is 4.79 Å². The number of halogens is 1. The summed E-state index contributed by atoms with van der Waals surface area (Å²) in [7, 11) is 0. The van der Waals surface area contributed by atoms with Crippen molar-refractivity contribution in [3.05, 3.63) is 88.4 Å². The number of benzene rings is 3. The molecule has 1 unspecified atom stereocenters. The largest absolute Gasteiger partial charge is 0.337 e. The van der Waals surface area contributed by atoms with E-state index in [0.717, 1.165) is 30.5 Å². The fourth-order valence-electron chi connectivity index (χ4n) is 4.80. The van der Waals surface area contributed by atoms with Crippen molar-refractivity contribution in [2.75, 3.05) is 11.9 Å². The Bertz CT molecular complexity index is 1210. The molecule has 1 heterocycles. The van der Waals surface area contributed by atoms with Crippen molar-refractivity contribution in [1.29, 1.82) is 0 Å². The van der Waals surface area contributed by atoms with Crippen LogP contribution in [0.3, 0.4) is 0 Å². The first-order valence-electron chi connectivity index (χ1n) is 11.4. The summed E-state index contributed by atoms with van der Waals surface area (Å²) < 4.78 is 0. The summed E-state index contributed by atoms with van der Waals surface area (Å²) in [6, 6.07) is 21.0. The third-order valence-electron chi connectivity index (χ3n) is 6.40.